The Balaban J connectivity index is 0.000000202. The minimum Gasteiger partial charge on any atom is -0.450 e. The molecule has 66 valence electrons. The lowest BCUT2D eigenvalue weighted by atomic mass is 10.7. The molecule has 1 rings (SSSR count). The van der Waals surface area contributed by atoms with Gasteiger partial charge in [0.05, 0.1) is 6.61 Å². The zero-order valence-corrected chi connectivity index (χ0v) is 6.67. The Labute approximate surface area is 70.0 Å². The molecule has 1 aromatic heterocycles. The molecule has 0 saturated carbocycles. The molecule has 1 aromatic rings. The number of aromatic nitrogens is 2. The SMILES string of the molecule is CCOC(=O)O.c1cncnc1. The Morgan fingerprint density at radius 1 is 1.50 bits per heavy atom. The third-order valence-corrected chi connectivity index (χ3v) is 0.745. The Kier molecular flexibility index (Phi) is 6.43. The van der Waals surface area contributed by atoms with E-state index in [0.29, 0.717) is 0 Å². The first-order valence-corrected chi connectivity index (χ1v) is 3.33. The maximum absolute atomic E-state index is 9.38. The highest BCUT2D eigenvalue weighted by molar-refractivity contribution is 5.56. The lowest BCUT2D eigenvalue weighted by Crippen LogP contribution is -1.97. The lowest BCUT2D eigenvalue weighted by Gasteiger charge is -1.87. The highest BCUT2D eigenvalue weighted by atomic mass is 16.7. The van der Waals surface area contributed by atoms with Gasteiger partial charge in [0, 0.05) is 12.4 Å². The number of carboxylic acid groups (broad SMARTS) is 1. The van der Waals surface area contributed by atoms with Crippen molar-refractivity contribution < 1.29 is 14.6 Å². The fourth-order valence-electron chi connectivity index (χ4n) is 0.377. The van der Waals surface area contributed by atoms with Crippen LogP contribution >= 0.6 is 0 Å². The smallest absolute Gasteiger partial charge is 0.450 e. The minimum atomic E-state index is -1.21. The molecule has 0 aliphatic rings. The third kappa shape index (κ3) is 8.35. The van der Waals surface area contributed by atoms with Gasteiger partial charge in [0.15, 0.2) is 0 Å². The van der Waals surface area contributed by atoms with Crippen LogP contribution in [0, 0.1) is 0 Å². The zero-order valence-electron chi connectivity index (χ0n) is 6.67. The van der Waals surface area contributed by atoms with Crippen LogP contribution in [0.1, 0.15) is 6.92 Å². The van der Waals surface area contributed by atoms with E-state index in [4.69, 9.17) is 5.11 Å². The molecule has 0 saturated heterocycles. The molecule has 0 aromatic carbocycles. The fourth-order valence-corrected chi connectivity index (χ4v) is 0.377. The Hall–Kier alpha value is -1.65. The molecule has 5 nitrogen and oxygen atoms in total. The standard InChI is InChI=1S/C4H4N2.C3H6O3/c1-2-5-4-6-3-1;1-2-6-3(4)5/h1-4H;2H2,1H3,(H,4,5). The van der Waals surface area contributed by atoms with Crippen LogP contribution in [0.4, 0.5) is 4.79 Å². The van der Waals surface area contributed by atoms with E-state index in [-0.39, 0.29) is 6.61 Å². The number of hydrogen-bond acceptors (Lipinski definition) is 4. The number of hydrogen-bond donors (Lipinski definition) is 1. The molecular weight excluding hydrogens is 160 g/mol. The predicted octanol–water partition coefficient (Wildman–Crippen LogP) is 1.18. The van der Waals surface area contributed by atoms with E-state index >= 15 is 0 Å². The fraction of sp³-hybridized carbons (Fsp3) is 0.286. The van der Waals surface area contributed by atoms with Gasteiger partial charge < -0.3 is 9.84 Å². The summed E-state index contributed by atoms with van der Waals surface area (Å²) in [6.07, 6.45) is 3.66. The Bertz CT molecular complexity index is 176. The van der Waals surface area contributed by atoms with Gasteiger partial charge in [-0.05, 0) is 13.0 Å². The van der Waals surface area contributed by atoms with Crippen molar-refractivity contribution in [3.63, 3.8) is 0 Å². The summed E-state index contributed by atoms with van der Waals surface area (Å²) in [7, 11) is 0. The zero-order chi connectivity index (χ0) is 9.23. The first-order valence-electron chi connectivity index (χ1n) is 3.33. The van der Waals surface area contributed by atoms with Crippen molar-refractivity contribution in [2.45, 2.75) is 6.92 Å². The summed E-state index contributed by atoms with van der Waals surface area (Å²) < 4.78 is 3.96. The monoisotopic (exact) mass is 170 g/mol. The highest BCUT2D eigenvalue weighted by Gasteiger charge is 1.86. The van der Waals surface area contributed by atoms with Crippen LogP contribution in [0.2, 0.25) is 0 Å². The van der Waals surface area contributed by atoms with Gasteiger partial charge >= 0.3 is 6.16 Å². The van der Waals surface area contributed by atoms with Gasteiger partial charge in [0.2, 0.25) is 0 Å². The molecule has 0 unspecified atom stereocenters. The molecule has 0 atom stereocenters. The quantitative estimate of drug-likeness (QED) is 0.640. The molecule has 5 heteroatoms. The van der Waals surface area contributed by atoms with Crippen molar-refractivity contribution in [3.8, 4) is 0 Å². The second-order valence-electron chi connectivity index (χ2n) is 1.60. The second kappa shape index (κ2) is 7.46. The van der Waals surface area contributed by atoms with Crippen LogP contribution < -0.4 is 0 Å². The summed E-state index contributed by atoms with van der Waals surface area (Å²) in [6, 6.07) is 1.78. The van der Waals surface area contributed by atoms with Crippen LogP contribution in [-0.2, 0) is 4.74 Å². The molecule has 0 fully saturated rings. The minimum absolute atomic E-state index is 0.231. The molecule has 12 heavy (non-hydrogen) atoms. The second-order valence-corrected chi connectivity index (χ2v) is 1.60. The van der Waals surface area contributed by atoms with E-state index in [2.05, 4.69) is 14.7 Å². The van der Waals surface area contributed by atoms with E-state index < -0.39 is 6.16 Å². The first kappa shape index (κ1) is 10.3. The molecule has 1 heterocycles. The summed E-state index contributed by atoms with van der Waals surface area (Å²) in [5.41, 5.74) is 0. The summed E-state index contributed by atoms with van der Waals surface area (Å²) in [6.45, 7) is 1.85. The Morgan fingerprint density at radius 2 is 2.08 bits per heavy atom. The summed E-state index contributed by atoms with van der Waals surface area (Å²) in [4.78, 5) is 16.7. The predicted molar refractivity (Wildman–Crippen MR) is 41.7 cm³/mol. The summed E-state index contributed by atoms with van der Waals surface area (Å²) in [5, 5.41) is 7.69. The van der Waals surface area contributed by atoms with Crippen molar-refractivity contribution >= 4 is 6.16 Å². The van der Waals surface area contributed by atoms with Gasteiger partial charge in [-0.3, -0.25) is 0 Å². The maximum Gasteiger partial charge on any atom is 0.505 e. The van der Waals surface area contributed by atoms with Crippen molar-refractivity contribution in [2.24, 2.45) is 0 Å². The largest absolute Gasteiger partial charge is 0.505 e. The van der Waals surface area contributed by atoms with Crippen LogP contribution in [0.5, 0.6) is 0 Å². The molecule has 0 aliphatic heterocycles. The van der Waals surface area contributed by atoms with E-state index in [9.17, 15) is 4.79 Å². The summed E-state index contributed by atoms with van der Waals surface area (Å²) in [5.74, 6) is 0. The molecule has 0 amide bonds. The molecule has 0 spiro atoms. The molecule has 0 aliphatic carbocycles. The number of nitrogens with zero attached hydrogens (tertiary/aromatic N) is 2. The number of rotatable bonds is 1. The Morgan fingerprint density at radius 3 is 2.17 bits per heavy atom. The third-order valence-electron chi connectivity index (χ3n) is 0.745. The van der Waals surface area contributed by atoms with Gasteiger partial charge in [-0.2, -0.15) is 0 Å². The van der Waals surface area contributed by atoms with Crippen molar-refractivity contribution in [1.29, 1.82) is 0 Å². The van der Waals surface area contributed by atoms with Gasteiger partial charge in [0.25, 0.3) is 0 Å². The maximum atomic E-state index is 9.38. The average molecular weight is 170 g/mol. The summed E-state index contributed by atoms with van der Waals surface area (Å²) >= 11 is 0. The van der Waals surface area contributed by atoms with Crippen LogP contribution in [0.15, 0.2) is 24.8 Å². The van der Waals surface area contributed by atoms with Gasteiger partial charge in [-0.15, -0.1) is 0 Å². The highest BCUT2D eigenvalue weighted by Crippen LogP contribution is 1.69. The molecule has 0 radical (unpaired) electrons. The molecule has 0 bridgehead atoms. The van der Waals surface area contributed by atoms with Gasteiger partial charge in [-0.1, -0.05) is 0 Å². The van der Waals surface area contributed by atoms with Gasteiger partial charge in [-0.25, -0.2) is 14.8 Å². The van der Waals surface area contributed by atoms with Crippen molar-refractivity contribution in [3.05, 3.63) is 24.8 Å². The van der Waals surface area contributed by atoms with E-state index in [1.165, 1.54) is 6.33 Å². The van der Waals surface area contributed by atoms with Crippen LogP contribution in [0.3, 0.4) is 0 Å². The number of carbonyl (C=O) groups is 1. The van der Waals surface area contributed by atoms with E-state index in [1.807, 2.05) is 0 Å². The average Bonchev–Trinajstić information content (AvgIpc) is 2.08. The van der Waals surface area contributed by atoms with Crippen LogP contribution in [0.25, 0.3) is 0 Å². The molecular formula is C7H10N2O3. The van der Waals surface area contributed by atoms with E-state index in [0.717, 1.165) is 0 Å². The normalized spacial score (nSPS) is 7.75. The topological polar surface area (TPSA) is 72.3 Å². The lowest BCUT2D eigenvalue weighted by molar-refractivity contribution is 0.0966. The first-order chi connectivity index (χ1) is 5.77. The molecule has 1 N–H and O–H groups in total. The number of ether oxygens (including phenoxy) is 1. The van der Waals surface area contributed by atoms with E-state index in [1.54, 1.807) is 25.4 Å². The van der Waals surface area contributed by atoms with Crippen molar-refractivity contribution in [2.75, 3.05) is 6.61 Å². The van der Waals surface area contributed by atoms with Crippen LogP contribution in [-0.4, -0.2) is 27.8 Å². The van der Waals surface area contributed by atoms with Gasteiger partial charge in [0.1, 0.15) is 6.33 Å². The van der Waals surface area contributed by atoms with Crippen molar-refractivity contribution in [1.82, 2.24) is 9.97 Å².